The summed E-state index contributed by atoms with van der Waals surface area (Å²) < 4.78 is 7.54. The first kappa shape index (κ1) is 21.2. The molecule has 1 saturated heterocycles. The lowest BCUT2D eigenvalue weighted by Crippen LogP contribution is -2.41. The van der Waals surface area contributed by atoms with E-state index in [1.165, 1.54) is 5.69 Å². The van der Waals surface area contributed by atoms with Crippen LogP contribution in [0.25, 0.3) is 0 Å². The molecule has 2 N–H and O–H groups in total. The van der Waals surface area contributed by atoms with Crippen molar-refractivity contribution in [2.75, 3.05) is 40.0 Å². The molecule has 138 valence electrons. The standard InChI is InChI=1S/C17H30N4O2.HI/c1-4-18-16(21(3)12-15-6-5-9-20(15)2)19-13-17(14-22)7-10-23-11-8-17;/h5-6,9,22H,4,7-8,10-14H2,1-3H3,(H,18,19);1H. The van der Waals surface area contributed by atoms with Gasteiger partial charge in [-0.15, -0.1) is 24.0 Å². The number of halogens is 1. The summed E-state index contributed by atoms with van der Waals surface area (Å²) in [7, 11) is 4.10. The summed E-state index contributed by atoms with van der Waals surface area (Å²) in [4.78, 5) is 6.93. The fourth-order valence-electron chi connectivity index (χ4n) is 2.86. The molecule has 0 bridgehead atoms. The molecule has 1 aliphatic heterocycles. The Hall–Kier alpha value is -0.800. The molecule has 6 nitrogen and oxygen atoms in total. The van der Waals surface area contributed by atoms with Gasteiger partial charge in [0.1, 0.15) is 0 Å². The number of aryl methyl sites for hydroxylation is 1. The van der Waals surface area contributed by atoms with Crippen molar-refractivity contribution >= 4 is 29.9 Å². The molecule has 0 atom stereocenters. The molecule has 1 fully saturated rings. The van der Waals surface area contributed by atoms with E-state index in [2.05, 4.69) is 47.1 Å². The van der Waals surface area contributed by atoms with E-state index in [1.54, 1.807) is 0 Å². The Bertz CT molecular complexity index is 512. The Morgan fingerprint density at radius 1 is 1.46 bits per heavy atom. The predicted molar refractivity (Wildman–Crippen MR) is 108 cm³/mol. The molecular weight excluding hydrogens is 419 g/mol. The highest BCUT2D eigenvalue weighted by Crippen LogP contribution is 2.30. The van der Waals surface area contributed by atoms with Crippen LogP contribution in [-0.4, -0.2) is 60.5 Å². The van der Waals surface area contributed by atoms with E-state index < -0.39 is 0 Å². The number of guanidine groups is 1. The first-order valence-electron chi connectivity index (χ1n) is 8.38. The Morgan fingerprint density at radius 2 is 2.17 bits per heavy atom. The Kier molecular flexibility index (Phi) is 9.07. The van der Waals surface area contributed by atoms with Crippen LogP contribution < -0.4 is 5.32 Å². The maximum atomic E-state index is 9.80. The SMILES string of the molecule is CCNC(=NCC1(CO)CCOCC1)N(C)Cc1cccn1C.I. The van der Waals surface area contributed by atoms with Crippen LogP contribution in [0.3, 0.4) is 0 Å². The number of hydrogen-bond acceptors (Lipinski definition) is 3. The van der Waals surface area contributed by atoms with Gasteiger partial charge in [-0.2, -0.15) is 0 Å². The van der Waals surface area contributed by atoms with Gasteiger partial charge in [0, 0.05) is 51.2 Å². The minimum atomic E-state index is -0.134. The van der Waals surface area contributed by atoms with Crippen LogP contribution >= 0.6 is 24.0 Å². The van der Waals surface area contributed by atoms with Gasteiger partial charge in [-0.1, -0.05) is 0 Å². The van der Waals surface area contributed by atoms with Crippen molar-refractivity contribution in [1.29, 1.82) is 0 Å². The lowest BCUT2D eigenvalue weighted by atomic mass is 9.81. The summed E-state index contributed by atoms with van der Waals surface area (Å²) in [6.07, 6.45) is 3.79. The van der Waals surface area contributed by atoms with Crippen LogP contribution in [0.4, 0.5) is 0 Å². The van der Waals surface area contributed by atoms with E-state index in [0.717, 1.165) is 31.9 Å². The van der Waals surface area contributed by atoms with E-state index in [0.29, 0.717) is 19.8 Å². The molecule has 0 aliphatic carbocycles. The van der Waals surface area contributed by atoms with Crippen molar-refractivity contribution < 1.29 is 9.84 Å². The van der Waals surface area contributed by atoms with Crippen LogP contribution in [0.15, 0.2) is 23.3 Å². The van der Waals surface area contributed by atoms with E-state index >= 15 is 0 Å². The molecule has 0 spiro atoms. The highest BCUT2D eigenvalue weighted by atomic mass is 127. The molecule has 1 aromatic rings. The summed E-state index contributed by atoms with van der Waals surface area (Å²) in [5.41, 5.74) is 1.10. The zero-order valence-corrected chi connectivity index (χ0v) is 17.3. The van der Waals surface area contributed by atoms with Gasteiger partial charge in [0.2, 0.25) is 0 Å². The Balaban J connectivity index is 0.00000288. The summed E-state index contributed by atoms with van der Waals surface area (Å²) >= 11 is 0. The van der Waals surface area contributed by atoms with Gasteiger partial charge < -0.3 is 24.6 Å². The van der Waals surface area contributed by atoms with Gasteiger partial charge in [-0.25, -0.2) is 0 Å². The largest absolute Gasteiger partial charge is 0.396 e. The number of aliphatic hydroxyl groups excluding tert-OH is 1. The van der Waals surface area contributed by atoms with Gasteiger partial charge in [0.05, 0.1) is 19.7 Å². The van der Waals surface area contributed by atoms with Crippen LogP contribution in [0.2, 0.25) is 0 Å². The summed E-state index contributed by atoms with van der Waals surface area (Å²) in [5, 5.41) is 13.2. The molecule has 1 aliphatic rings. The lowest BCUT2D eigenvalue weighted by Gasteiger charge is -2.34. The maximum absolute atomic E-state index is 9.80. The molecule has 24 heavy (non-hydrogen) atoms. The monoisotopic (exact) mass is 450 g/mol. The molecule has 2 rings (SSSR count). The second-order valence-corrected chi connectivity index (χ2v) is 6.41. The number of nitrogens with one attached hydrogen (secondary N) is 1. The minimum Gasteiger partial charge on any atom is -0.396 e. The predicted octanol–water partition coefficient (Wildman–Crippen LogP) is 1.83. The molecule has 1 aromatic heterocycles. The zero-order chi connectivity index (χ0) is 16.7. The Morgan fingerprint density at radius 3 is 2.71 bits per heavy atom. The van der Waals surface area contributed by atoms with Crippen molar-refractivity contribution in [2.24, 2.45) is 17.5 Å². The van der Waals surface area contributed by atoms with Gasteiger partial charge in [0.25, 0.3) is 0 Å². The van der Waals surface area contributed by atoms with E-state index in [9.17, 15) is 5.11 Å². The fourth-order valence-corrected chi connectivity index (χ4v) is 2.86. The number of nitrogens with zero attached hydrogens (tertiary/aromatic N) is 3. The number of aliphatic hydroxyl groups is 1. The first-order valence-corrected chi connectivity index (χ1v) is 8.38. The van der Waals surface area contributed by atoms with Gasteiger partial charge >= 0.3 is 0 Å². The summed E-state index contributed by atoms with van der Waals surface area (Å²) in [5.74, 6) is 0.882. The average molecular weight is 450 g/mol. The van der Waals surface area contributed by atoms with Crippen molar-refractivity contribution in [3.05, 3.63) is 24.0 Å². The van der Waals surface area contributed by atoms with Gasteiger partial charge in [-0.3, -0.25) is 4.99 Å². The highest BCUT2D eigenvalue weighted by Gasteiger charge is 2.32. The summed E-state index contributed by atoms with van der Waals surface area (Å²) in [6, 6.07) is 4.17. The third kappa shape index (κ3) is 5.63. The van der Waals surface area contributed by atoms with Gasteiger partial charge in [0.15, 0.2) is 5.96 Å². The number of aromatic nitrogens is 1. The fraction of sp³-hybridized carbons (Fsp3) is 0.706. The van der Waals surface area contributed by atoms with E-state index in [-0.39, 0.29) is 36.0 Å². The number of hydrogen-bond donors (Lipinski definition) is 2. The van der Waals surface area contributed by atoms with Crippen molar-refractivity contribution in [3.63, 3.8) is 0 Å². The number of rotatable bonds is 6. The smallest absolute Gasteiger partial charge is 0.194 e. The molecule has 0 unspecified atom stereocenters. The molecule has 7 heteroatoms. The summed E-state index contributed by atoms with van der Waals surface area (Å²) in [6.45, 7) is 5.92. The average Bonchev–Trinajstić information content (AvgIpc) is 2.97. The molecule has 2 heterocycles. The first-order chi connectivity index (χ1) is 11.1. The molecule has 0 saturated carbocycles. The Labute approximate surface area is 162 Å². The molecular formula is C17H31IN4O2. The third-order valence-corrected chi connectivity index (χ3v) is 4.60. The van der Waals surface area contributed by atoms with Crippen LogP contribution in [0.5, 0.6) is 0 Å². The molecule has 0 amide bonds. The van der Waals surface area contributed by atoms with Crippen molar-refractivity contribution in [3.8, 4) is 0 Å². The van der Waals surface area contributed by atoms with Crippen molar-refractivity contribution in [2.45, 2.75) is 26.3 Å². The normalized spacial score (nSPS) is 17.2. The maximum Gasteiger partial charge on any atom is 0.194 e. The number of aliphatic imine (C=N–C) groups is 1. The molecule has 0 radical (unpaired) electrons. The minimum absolute atomic E-state index is 0. The zero-order valence-electron chi connectivity index (χ0n) is 15.0. The van der Waals surface area contributed by atoms with E-state index in [4.69, 9.17) is 9.73 Å². The quantitative estimate of drug-likeness (QED) is 0.395. The molecule has 0 aromatic carbocycles. The lowest BCUT2D eigenvalue weighted by molar-refractivity contribution is -0.0107. The van der Waals surface area contributed by atoms with Crippen LogP contribution in [0, 0.1) is 5.41 Å². The van der Waals surface area contributed by atoms with Gasteiger partial charge in [-0.05, 0) is 31.9 Å². The topological polar surface area (TPSA) is 62.0 Å². The highest BCUT2D eigenvalue weighted by molar-refractivity contribution is 14.0. The van der Waals surface area contributed by atoms with Crippen LogP contribution in [-0.2, 0) is 18.3 Å². The second kappa shape index (κ2) is 10.2. The second-order valence-electron chi connectivity index (χ2n) is 6.41. The van der Waals surface area contributed by atoms with E-state index in [1.807, 2.05) is 7.05 Å². The van der Waals surface area contributed by atoms with Crippen molar-refractivity contribution in [1.82, 2.24) is 14.8 Å². The number of ether oxygens (including phenoxy) is 1. The van der Waals surface area contributed by atoms with Crippen LogP contribution in [0.1, 0.15) is 25.5 Å². The third-order valence-electron chi connectivity index (χ3n) is 4.60.